The molecule has 0 aromatic heterocycles. The van der Waals surface area contributed by atoms with Gasteiger partial charge >= 0.3 is 0 Å². The van der Waals surface area contributed by atoms with E-state index in [4.69, 9.17) is 5.73 Å². The van der Waals surface area contributed by atoms with Crippen LogP contribution in [0.3, 0.4) is 0 Å². The molecule has 0 spiro atoms. The zero-order valence-corrected chi connectivity index (χ0v) is 8.25. The van der Waals surface area contributed by atoms with Gasteiger partial charge in [-0.25, -0.2) is 4.39 Å². The Kier molecular flexibility index (Phi) is 3.06. The van der Waals surface area contributed by atoms with Gasteiger partial charge in [0.2, 0.25) is 0 Å². The Bertz CT molecular complexity index is 332. The molecule has 0 atom stereocenters. The number of hydrogen-bond acceptors (Lipinski definition) is 2. The van der Waals surface area contributed by atoms with Gasteiger partial charge < -0.3 is 10.6 Å². The van der Waals surface area contributed by atoms with Crippen LogP contribution in [0.25, 0.3) is 0 Å². The highest BCUT2D eigenvalue weighted by molar-refractivity contribution is 5.94. The largest absolute Gasteiger partial charge is 0.399 e. The summed E-state index contributed by atoms with van der Waals surface area (Å²) in [4.78, 5) is 13.1. The van der Waals surface area contributed by atoms with Gasteiger partial charge in [-0.15, -0.1) is 0 Å². The summed E-state index contributed by atoms with van der Waals surface area (Å²) in [5, 5.41) is 0. The van der Waals surface area contributed by atoms with Gasteiger partial charge in [0.25, 0.3) is 5.91 Å². The van der Waals surface area contributed by atoms with Crippen molar-refractivity contribution in [3.8, 4) is 0 Å². The lowest BCUT2D eigenvalue weighted by Crippen LogP contribution is -2.26. The zero-order chi connectivity index (χ0) is 10.7. The smallest absolute Gasteiger partial charge is 0.253 e. The minimum Gasteiger partial charge on any atom is -0.399 e. The van der Waals surface area contributed by atoms with Crippen molar-refractivity contribution in [3.63, 3.8) is 0 Å². The Balaban J connectivity index is 3.01. The second-order valence-corrected chi connectivity index (χ2v) is 3.09. The molecule has 0 aliphatic heterocycles. The van der Waals surface area contributed by atoms with Gasteiger partial charge in [0.1, 0.15) is 5.82 Å². The lowest BCUT2D eigenvalue weighted by molar-refractivity contribution is 0.0802. The third kappa shape index (κ3) is 2.22. The van der Waals surface area contributed by atoms with E-state index in [1.54, 1.807) is 7.05 Å². The number of benzene rings is 1. The van der Waals surface area contributed by atoms with Crippen molar-refractivity contribution in [1.29, 1.82) is 0 Å². The van der Waals surface area contributed by atoms with Crippen LogP contribution in [0.15, 0.2) is 18.2 Å². The normalized spacial score (nSPS) is 9.93. The highest BCUT2D eigenvalue weighted by Crippen LogP contribution is 2.12. The maximum absolute atomic E-state index is 12.9. The maximum atomic E-state index is 12.9. The van der Waals surface area contributed by atoms with Crippen LogP contribution in [-0.2, 0) is 0 Å². The molecule has 1 aromatic carbocycles. The maximum Gasteiger partial charge on any atom is 0.253 e. The van der Waals surface area contributed by atoms with Crippen LogP contribution in [-0.4, -0.2) is 24.4 Å². The van der Waals surface area contributed by atoms with E-state index in [1.165, 1.54) is 23.1 Å². The number of carbonyl (C=O) groups excluding carboxylic acids is 1. The molecule has 0 saturated heterocycles. The highest BCUT2D eigenvalue weighted by Gasteiger charge is 2.11. The summed E-state index contributed by atoms with van der Waals surface area (Å²) >= 11 is 0. The van der Waals surface area contributed by atoms with Crippen LogP contribution in [0.1, 0.15) is 17.3 Å². The number of amides is 1. The molecule has 1 aromatic rings. The summed E-state index contributed by atoms with van der Waals surface area (Å²) in [5.74, 6) is -0.712. The fourth-order valence-corrected chi connectivity index (χ4v) is 1.10. The SMILES string of the molecule is CCN(C)C(=O)c1cc(N)cc(F)c1. The van der Waals surface area contributed by atoms with E-state index in [1.807, 2.05) is 6.92 Å². The van der Waals surface area contributed by atoms with Crippen LogP contribution in [0.2, 0.25) is 0 Å². The number of nitrogen functional groups attached to an aromatic ring is 1. The Morgan fingerprint density at radius 1 is 1.50 bits per heavy atom. The number of anilines is 1. The van der Waals surface area contributed by atoms with Crippen LogP contribution in [0, 0.1) is 5.82 Å². The molecule has 0 unspecified atom stereocenters. The predicted octanol–water partition coefficient (Wildman–Crippen LogP) is 1.50. The van der Waals surface area contributed by atoms with Crippen LogP contribution in [0.5, 0.6) is 0 Å². The quantitative estimate of drug-likeness (QED) is 0.728. The van der Waals surface area contributed by atoms with Crippen molar-refractivity contribution in [2.45, 2.75) is 6.92 Å². The third-order valence-corrected chi connectivity index (χ3v) is 1.99. The molecule has 0 saturated carbocycles. The predicted molar refractivity (Wildman–Crippen MR) is 53.4 cm³/mol. The molecule has 0 aliphatic rings. The molecule has 76 valence electrons. The van der Waals surface area contributed by atoms with Crippen molar-refractivity contribution in [1.82, 2.24) is 4.90 Å². The second kappa shape index (κ2) is 4.09. The molecule has 2 N–H and O–H groups in total. The van der Waals surface area contributed by atoms with Crippen molar-refractivity contribution in [3.05, 3.63) is 29.6 Å². The molecule has 0 bridgehead atoms. The van der Waals surface area contributed by atoms with Crippen molar-refractivity contribution >= 4 is 11.6 Å². The monoisotopic (exact) mass is 196 g/mol. The summed E-state index contributed by atoms with van der Waals surface area (Å²) in [6.45, 7) is 2.43. The van der Waals surface area contributed by atoms with Gasteiger partial charge in [-0.2, -0.15) is 0 Å². The van der Waals surface area contributed by atoms with Crippen molar-refractivity contribution in [2.75, 3.05) is 19.3 Å². The lowest BCUT2D eigenvalue weighted by atomic mass is 10.1. The average Bonchev–Trinajstić information content (AvgIpc) is 2.14. The van der Waals surface area contributed by atoms with Crippen LogP contribution in [0.4, 0.5) is 10.1 Å². The zero-order valence-electron chi connectivity index (χ0n) is 8.25. The van der Waals surface area contributed by atoms with Gasteiger partial charge in [0.15, 0.2) is 0 Å². The number of carbonyl (C=O) groups is 1. The van der Waals surface area contributed by atoms with Gasteiger partial charge in [-0.05, 0) is 25.1 Å². The summed E-state index contributed by atoms with van der Waals surface area (Å²) in [7, 11) is 1.66. The molecule has 4 heteroatoms. The molecule has 0 radical (unpaired) electrons. The van der Waals surface area contributed by atoms with Crippen LogP contribution >= 0.6 is 0 Å². The molecule has 3 nitrogen and oxygen atoms in total. The van der Waals surface area contributed by atoms with Crippen molar-refractivity contribution < 1.29 is 9.18 Å². The number of nitrogens with two attached hydrogens (primary N) is 1. The summed E-state index contributed by atoms with van der Waals surface area (Å²) in [5.41, 5.74) is 5.97. The second-order valence-electron chi connectivity index (χ2n) is 3.09. The Hall–Kier alpha value is -1.58. The average molecular weight is 196 g/mol. The first kappa shape index (κ1) is 10.5. The minimum absolute atomic E-state index is 0.223. The number of nitrogens with zero attached hydrogens (tertiary/aromatic N) is 1. The van der Waals surface area contributed by atoms with Gasteiger partial charge in [0, 0.05) is 24.8 Å². The standard InChI is InChI=1S/C10H13FN2O/c1-3-13(2)10(14)7-4-8(11)6-9(12)5-7/h4-6H,3,12H2,1-2H3. The molecule has 1 amide bonds. The summed E-state index contributed by atoms with van der Waals surface area (Å²) < 4.78 is 12.9. The van der Waals surface area contributed by atoms with E-state index >= 15 is 0 Å². The first-order valence-electron chi connectivity index (χ1n) is 4.36. The van der Waals surface area contributed by atoms with Gasteiger partial charge in [-0.3, -0.25) is 4.79 Å². The summed E-state index contributed by atoms with van der Waals surface area (Å²) in [6, 6.07) is 3.84. The Labute approximate surface area is 82.3 Å². The van der Waals surface area contributed by atoms with Gasteiger partial charge in [0.05, 0.1) is 0 Å². The first-order valence-corrected chi connectivity index (χ1v) is 4.36. The number of rotatable bonds is 2. The molecule has 0 aliphatic carbocycles. The third-order valence-electron chi connectivity index (χ3n) is 1.99. The molecular weight excluding hydrogens is 183 g/mol. The highest BCUT2D eigenvalue weighted by atomic mass is 19.1. The Morgan fingerprint density at radius 3 is 2.64 bits per heavy atom. The van der Waals surface area contributed by atoms with E-state index < -0.39 is 5.82 Å². The van der Waals surface area contributed by atoms with E-state index in [0.29, 0.717) is 6.54 Å². The minimum atomic E-state index is -0.488. The van der Waals surface area contributed by atoms with E-state index in [0.717, 1.165) is 0 Å². The topological polar surface area (TPSA) is 46.3 Å². The van der Waals surface area contributed by atoms with E-state index in [-0.39, 0.29) is 17.2 Å². The molecule has 1 rings (SSSR count). The molecule has 14 heavy (non-hydrogen) atoms. The first-order chi connectivity index (χ1) is 6.54. The lowest BCUT2D eigenvalue weighted by Gasteiger charge is -2.14. The van der Waals surface area contributed by atoms with Crippen LogP contribution < -0.4 is 5.73 Å². The molecule has 0 heterocycles. The number of hydrogen-bond donors (Lipinski definition) is 1. The summed E-state index contributed by atoms with van der Waals surface area (Å²) in [6.07, 6.45) is 0. The fraction of sp³-hybridized carbons (Fsp3) is 0.300. The van der Waals surface area contributed by atoms with Crippen molar-refractivity contribution in [2.24, 2.45) is 0 Å². The van der Waals surface area contributed by atoms with E-state index in [9.17, 15) is 9.18 Å². The van der Waals surface area contributed by atoms with E-state index in [2.05, 4.69) is 0 Å². The fourth-order valence-electron chi connectivity index (χ4n) is 1.10. The molecule has 0 fully saturated rings. The Morgan fingerprint density at radius 2 is 2.14 bits per heavy atom. The molecular formula is C10H13FN2O. The number of halogens is 1. The van der Waals surface area contributed by atoms with Gasteiger partial charge in [-0.1, -0.05) is 0 Å².